The molecule has 1 heterocycles. The zero-order valence-electron chi connectivity index (χ0n) is 12.4. The van der Waals surface area contributed by atoms with Crippen LogP contribution >= 0.6 is 11.6 Å². The van der Waals surface area contributed by atoms with E-state index in [1.54, 1.807) is 24.3 Å². The Morgan fingerprint density at radius 1 is 1.21 bits per heavy atom. The first-order valence-electron chi connectivity index (χ1n) is 7.12. The van der Waals surface area contributed by atoms with Gasteiger partial charge in [0.1, 0.15) is 5.52 Å². The summed E-state index contributed by atoms with van der Waals surface area (Å²) in [5.41, 5.74) is 0.149. The molecule has 0 saturated heterocycles. The van der Waals surface area contributed by atoms with Crippen LogP contribution in [-0.2, 0) is 11.3 Å². The zero-order valence-corrected chi connectivity index (χ0v) is 13.1. The third-order valence-electron chi connectivity index (χ3n) is 3.41. The van der Waals surface area contributed by atoms with Gasteiger partial charge >= 0.3 is 0 Å². The summed E-state index contributed by atoms with van der Waals surface area (Å²) in [6.07, 6.45) is -0.0567. The third kappa shape index (κ3) is 3.26. The van der Waals surface area contributed by atoms with Crippen LogP contribution in [0.3, 0.4) is 0 Å². The first-order valence-corrected chi connectivity index (χ1v) is 7.50. The SMILES string of the molecule is O=C(CCn1nnc2ccccc2c1=O)Nc1cccc(Cl)c1F. The van der Waals surface area contributed by atoms with Crippen molar-refractivity contribution >= 4 is 34.1 Å². The van der Waals surface area contributed by atoms with E-state index in [0.29, 0.717) is 10.9 Å². The maximum atomic E-state index is 13.7. The Hall–Kier alpha value is -2.80. The fraction of sp³-hybridized carbons (Fsp3) is 0.125. The summed E-state index contributed by atoms with van der Waals surface area (Å²) >= 11 is 5.66. The maximum Gasteiger partial charge on any atom is 0.277 e. The number of aryl methyl sites for hydroxylation is 1. The molecule has 0 spiro atoms. The van der Waals surface area contributed by atoms with Gasteiger partial charge in [-0.05, 0) is 24.3 Å². The van der Waals surface area contributed by atoms with Crippen LogP contribution in [0, 0.1) is 5.82 Å². The quantitative estimate of drug-likeness (QED) is 0.787. The second-order valence-electron chi connectivity index (χ2n) is 5.03. The molecule has 1 aromatic heterocycles. The molecule has 6 nitrogen and oxygen atoms in total. The molecule has 122 valence electrons. The molecule has 1 N–H and O–H groups in total. The average molecular weight is 347 g/mol. The van der Waals surface area contributed by atoms with Gasteiger partial charge in [-0.2, -0.15) is 0 Å². The van der Waals surface area contributed by atoms with Crippen molar-refractivity contribution in [1.29, 1.82) is 0 Å². The predicted octanol–water partition coefficient (Wildman–Crippen LogP) is 2.61. The van der Waals surface area contributed by atoms with E-state index in [1.165, 1.54) is 18.2 Å². The van der Waals surface area contributed by atoms with Crippen molar-refractivity contribution in [2.24, 2.45) is 0 Å². The van der Waals surface area contributed by atoms with Crippen LogP contribution in [-0.4, -0.2) is 20.9 Å². The van der Waals surface area contributed by atoms with Crippen molar-refractivity contribution in [3.8, 4) is 0 Å². The van der Waals surface area contributed by atoms with Gasteiger partial charge in [0.05, 0.1) is 22.6 Å². The number of anilines is 1. The van der Waals surface area contributed by atoms with E-state index < -0.39 is 11.7 Å². The highest BCUT2D eigenvalue weighted by atomic mass is 35.5. The fourth-order valence-electron chi connectivity index (χ4n) is 2.19. The molecule has 0 aliphatic rings. The number of carbonyl (C=O) groups is 1. The first-order chi connectivity index (χ1) is 11.6. The summed E-state index contributed by atoms with van der Waals surface area (Å²) < 4.78 is 14.8. The Bertz CT molecular complexity index is 974. The second-order valence-corrected chi connectivity index (χ2v) is 5.44. The van der Waals surface area contributed by atoms with E-state index in [9.17, 15) is 14.0 Å². The van der Waals surface area contributed by atoms with Crippen LogP contribution in [0.15, 0.2) is 47.3 Å². The highest BCUT2D eigenvalue weighted by Crippen LogP contribution is 2.22. The number of rotatable bonds is 4. The number of fused-ring (bicyclic) bond motifs is 1. The second kappa shape index (κ2) is 6.76. The molecule has 2 aromatic carbocycles. The molecule has 8 heteroatoms. The summed E-state index contributed by atoms with van der Waals surface area (Å²) in [7, 11) is 0. The van der Waals surface area contributed by atoms with Crippen LogP contribution in [0.1, 0.15) is 6.42 Å². The van der Waals surface area contributed by atoms with Crippen molar-refractivity contribution in [3.63, 3.8) is 0 Å². The van der Waals surface area contributed by atoms with Crippen molar-refractivity contribution in [3.05, 3.63) is 63.7 Å². The van der Waals surface area contributed by atoms with Gasteiger partial charge in [0.15, 0.2) is 5.82 Å². The van der Waals surface area contributed by atoms with Crippen LogP contribution in [0.4, 0.5) is 10.1 Å². The lowest BCUT2D eigenvalue weighted by molar-refractivity contribution is -0.116. The van der Waals surface area contributed by atoms with Crippen molar-refractivity contribution < 1.29 is 9.18 Å². The Balaban J connectivity index is 1.72. The minimum Gasteiger partial charge on any atom is -0.323 e. The highest BCUT2D eigenvalue weighted by Gasteiger charge is 2.11. The molecule has 0 saturated carbocycles. The third-order valence-corrected chi connectivity index (χ3v) is 3.70. The zero-order chi connectivity index (χ0) is 17.1. The van der Waals surface area contributed by atoms with Crippen molar-refractivity contribution in [2.75, 3.05) is 5.32 Å². The fourth-order valence-corrected chi connectivity index (χ4v) is 2.36. The van der Waals surface area contributed by atoms with Gasteiger partial charge in [-0.15, -0.1) is 5.10 Å². The number of hydrogen-bond donors (Lipinski definition) is 1. The van der Waals surface area contributed by atoms with Gasteiger partial charge in [0.25, 0.3) is 5.56 Å². The largest absolute Gasteiger partial charge is 0.323 e. The molecule has 0 fully saturated rings. The lowest BCUT2D eigenvalue weighted by Gasteiger charge is -2.08. The number of halogens is 2. The van der Waals surface area contributed by atoms with Gasteiger partial charge in [0, 0.05) is 6.42 Å². The molecule has 0 aliphatic carbocycles. The van der Waals surface area contributed by atoms with Crippen LogP contribution in [0.2, 0.25) is 5.02 Å². The highest BCUT2D eigenvalue weighted by molar-refractivity contribution is 6.31. The molecule has 0 atom stereocenters. The summed E-state index contributed by atoms with van der Waals surface area (Å²) in [4.78, 5) is 24.2. The smallest absolute Gasteiger partial charge is 0.277 e. The monoisotopic (exact) mass is 346 g/mol. The van der Waals surface area contributed by atoms with E-state index >= 15 is 0 Å². The Kier molecular flexibility index (Phi) is 4.52. The summed E-state index contributed by atoms with van der Waals surface area (Å²) in [6.45, 7) is 0.0324. The first kappa shape index (κ1) is 16.1. The van der Waals surface area contributed by atoms with Gasteiger partial charge in [0.2, 0.25) is 5.91 Å². The molecular weight excluding hydrogens is 335 g/mol. The Morgan fingerprint density at radius 3 is 2.83 bits per heavy atom. The number of amides is 1. The standard InChI is InChI=1S/C16H12ClFN4O2/c17-11-5-3-7-13(15(11)18)19-14(23)8-9-22-16(24)10-4-1-2-6-12(10)20-21-22/h1-7H,8-9H2,(H,19,23). The number of aromatic nitrogens is 3. The average Bonchev–Trinajstić information content (AvgIpc) is 2.59. The number of nitrogens with one attached hydrogen (secondary N) is 1. The Morgan fingerprint density at radius 2 is 2.00 bits per heavy atom. The molecule has 24 heavy (non-hydrogen) atoms. The summed E-state index contributed by atoms with van der Waals surface area (Å²) in [6, 6.07) is 11.1. The molecule has 1 amide bonds. The summed E-state index contributed by atoms with van der Waals surface area (Å²) in [5.74, 6) is -1.16. The van der Waals surface area contributed by atoms with Gasteiger partial charge in [-0.1, -0.05) is 35.0 Å². The van der Waals surface area contributed by atoms with Gasteiger partial charge in [-0.25, -0.2) is 9.07 Å². The number of hydrogen-bond acceptors (Lipinski definition) is 4. The number of carbonyl (C=O) groups excluding carboxylic acids is 1. The topological polar surface area (TPSA) is 76.9 Å². The molecular formula is C16H12ClFN4O2. The van der Waals surface area contributed by atoms with Gasteiger partial charge in [-0.3, -0.25) is 9.59 Å². The minimum atomic E-state index is -0.699. The number of nitrogens with zero attached hydrogens (tertiary/aromatic N) is 3. The van der Waals surface area contributed by atoms with Crippen LogP contribution < -0.4 is 10.9 Å². The lowest BCUT2D eigenvalue weighted by Crippen LogP contribution is -2.26. The van der Waals surface area contributed by atoms with Crippen molar-refractivity contribution in [2.45, 2.75) is 13.0 Å². The van der Waals surface area contributed by atoms with Crippen LogP contribution in [0.5, 0.6) is 0 Å². The van der Waals surface area contributed by atoms with Gasteiger partial charge < -0.3 is 5.32 Å². The van der Waals surface area contributed by atoms with E-state index in [4.69, 9.17) is 11.6 Å². The molecule has 0 unspecified atom stereocenters. The van der Waals surface area contributed by atoms with E-state index in [0.717, 1.165) is 4.68 Å². The van der Waals surface area contributed by atoms with Crippen LogP contribution in [0.25, 0.3) is 10.9 Å². The lowest BCUT2D eigenvalue weighted by atomic mass is 10.2. The molecule has 3 rings (SSSR count). The Labute approximate surface area is 140 Å². The number of benzene rings is 2. The van der Waals surface area contributed by atoms with E-state index in [2.05, 4.69) is 15.6 Å². The molecule has 0 bridgehead atoms. The normalized spacial score (nSPS) is 10.8. The summed E-state index contributed by atoms with van der Waals surface area (Å²) in [5, 5.41) is 10.5. The molecule has 0 radical (unpaired) electrons. The van der Waals surface area contributed by atoms with E-state index in [-0.39, 0.29) is 29.2 Å². The van der Waals surface area contributed by atoms with Crippen molar-refractivity contribution in [1.82, 2.24) is 15.0 Å². The predicted molar refractivity (Wildman–Crippen MR) is 88.5 cm³/mol. The minimum absolute atomic E-state index is 0.00978. The maximum absolute atomic E-state index is 13.7. The molecule has 3 aromatic rings. The van der Waals surface area contributed by atoms with E-state index in [1.807, 2.05) is 0 Å². The molecule has 0 aliphatic heterocycles.